The van der Waals surface area contributed by atoms with Gasteiger partial charge in [-0.15, -0.1) is 5.10 Å². The third-order valence-corrected chi connectivity index (χ3v) is 0.853. The molecule has 1 amide bonds. The van der Waals surface area contributed by atoms with E-state index in [1.165, 1.54) is 7.11 Å². The molecule has 0 spiro atoms. The summed E-state index contributed by atoms with van der Waals surface area (Å²) in [5.41, 5.74) is 2.24. The van der Waals surface area contributed by atoms with Gasteiger partial charge in [0.1, 0.15) is 6.42 Å². The molecule has 8 heavy (non-hydrogen) atoms. The molecule has 1 aliphatic rings. The summed E-state index contributed by atoms with van der Waals surface area (Å²) in [6.45, 7) is 0. The number of carbonyl (C=O) groups is 1. The Bertz CT molecular complexity index is 141. The molecule has 1 N–H and O–H groups in total. The van der Waals surface area contributed by atoms with Crippen molar-refractivity contribution < 1.29 is 9.53 Å². The van der Waals surface area contributed by atoms with Crippen LogP contribution in [0, 0.1) is 0 Å². The second kappa shape index (κ2) is 1.81. The maximum absolute atomic E-state index is 10.3. The first-order chi connectivity index (χ1) is 3.83. The summed E-state index contributed by atoms with van der Waals surface area (Å²) >= 11 is 0. The Morgan fingerprint density at radius 3 is 2.88 bits per heavy atom. The molecule has 4 heteroatoms. The molecule has 0 unspecified atom stereocenters. The Morgan fingerprint density at radius 2 is 2.62 bits per heavy atom. The van der Waals surface area contributed by atoms with E-state index in [1.807, 2.05) is 0 Å². The van der Waals surface area contributed by atoms with Gasteiger partial charge in [-0.2, -0.15) is 0 Å². The first kappa shape index (κ1) is 5.08. The van der Waals surface area contributed by atoms with E-state index in [0.717, 1.165) is 0 Å². The molecule has 0 saturated heterocycles. The minimum absolute atomic E-state index is 0.109. The molecule has 4 nitrogen and oxygen atoms in total. The molecule has 1 aliphatic heterocycles. The lowest BCUT2D eigenvalue weighted by Gasteiger charge is -1.88. The molecular formula is C4H6N2O2. The van der Waals surface area contributed by atoms with Gasteiger partial charge in [0.05, 0.1) is 7.11 Å². The zero-order valence-electron chi connectivity index (χ0n) is 4.47. The minimum atomic E-state index is -0.109. The number of rotatable bonds is 0. The lowest BCUT2D eigenvalue weighted by molar-refractivity contribution is -0.119. The quantitative estimate of drug-likeness (QED) is 0.460. The summed E-state index contributed by atoms with van der Waals surface area (Å²) in [6, 6.07) is 0. The molecule has 0 aromatic rings. The van der Waals surface area contributed by atoms with Crippen molar-refractivity contribution in [2.45, 2.75) is 6.42 Å². The van der Waals surface area contributed by atoms with Crippen molar-refractivity contribution in [3.63, 3.8) is 0 Å². The van der Waals surface area contributed by atoms with Crippen LogP contribution in [-0.2, 0) is 9.53 Å². The molecule has 0 fully saturated rings. The lowest BCUT2D eigenvalue weighted by atomic mass is 10.4. The van der Waals surface area contributed by atoms with Crippen LogP contribution in [0.5, 0.6) is 0 Å². The Hall–Kier alpha value is -1.06. The van der Waals surface area contributed by atoms with Gasteiger partial charge in [-0.25, -0.2) is 5.43 Å². The zero-order valence-corrected chi connectivity index (χ0v) is 4.47. The smallest absolute Gasteiger partial charge is 0.249 e. The van der Waals surface area contributed by atoms with Crippen LogP contribution in [0.1, 0.15) is 6.42 Å². The third-order valence-electron chi connectivity index (χ3n) is 0.853. The summed E-state index contributed by atoms with van der Waals surface area (Å²) in [5, 5.41) is 3.53. The van der Waals surface area contributed by atoms with Gasteiger partial charge in [0.2, 0.25) is 11.8 Å². The van der Waals surface area contributed by atoms with Gasteiger partial charge >= 0.3 is 0 Å². The molecule has 1 rings (SSSR count). The largest absolute Gasteiger partial charge is 0.483 e. The predicted octanol–water partition coefficient (Wildman–Crippen LogP) is -0.534. The number of hydrazone groups is 1. The molecule has 0 radical (unpaired) electrons. The molecule has 0 bridgehead atoms. The number of hydrogen-bond acceptors (Lipinski definition) is 3. The van der Waals surface area contributed by atoms with Crippen molar-refractivity contribution >= 4 is 11.8 Å². The number of nitrogens with zero attached hydrogens (tertiary/aromatic N) is 1. The van der Waals surface area contributed by atoms with Gasteiger partial charge in [0.25, 0.3) is 0 Å². The highest BCUT2D eigenvalue weighted by molar-refractivity contribution is 6.00. The van der Waals surface area contributed by atoms with E-state index in [2.05, 4.69) is 15.3 Å². The molecular weight excluding hydrogens is 108 g/mol. The summed E-state index contributed by atoms with van der Waals surface area (Å²) in [5.74, 6) is 0.344. The molecule has 0 saturated carbocycles. The summed E-state index contributed by atoms with van der Waals surface area (Å²) in [7, 11) is 1.49. The summed E-state index contributed by atoms with van der Waals surface area (Å²) < 4.78 is 4.65. The molecule has 0 aromatic carbocycles. The third kappa shape index (κ3) is 0.776. The van der Waals surface area contributed by atoms with Gasteiger partial charge in [-0.3, -0.25) is 4.79 Å². The number of carbonyl (C=O) groups excluding carboxylic acids is 1. The van der Waals surface area contributed by atoms with Crippen molar-refractivity contribution in [2.75, 3.05) is 7.11 Å². The second-order valence-electron chi connectivity index (χ2n) is 1.42. The Morgan fingerprint density at radius 1 is 1.88 bits per heavy atom. The molecule has 0 aromatic heterocycles. The van der Waals surface area contributed by atoms with Crippen molar-refractivity contribution in [3.05, 3.63) is 0 Å². The maximum atomic E-state index is 10.3. The molecule has 1 heterocycles. The van der Waals surface area contributed by atoms with Crippen LogP contribution in [0.25, 0.3) is 0 Å². The number of ether oxygens (including phenoxy) is 1. The van der Waals surface area contributed by atoms with E-state index in [1.54, 1.807) is 0 Å². The monoisotopic (exact) mass is 114 g/mol. The van der Waals surface area contributed by atoms with Crippen LogP contribution >= 0.6 is 0 Å². The highest BCUT2D eigenvalue weighted by Gasteiger charge is 2.13. The SMILES string of the molecule is COC1=NNC(=O)C1. The average molecular weight is 114 g/mol. The van der Waals surface area contributed by atoms with Crippen molar-refractivity contribution in [2.24, 2.45) is 5.10 Å². The van der Waals surface area contributed by atoms with Crippen molar-refractivity contribution in [1.82, 2.24) is 5.43 Å². The molecule has 0 atom stereocenters. The Kier molecular flexibility index (Phi) is 1.15. The van der Waals surface area contributed by atoms with Crippen LogP contribution in [0.3, 0.4) is 0 Å². The fourth-order valence-corrected chi connectivity index (χ4v) is 0.459. The Labute approximate surface area is 46.5 Å². The van der Waals surface area contributed by atoms with E-state index in [9.17, 15) is 4.79 Å². The zero-order chi connectivity index (χ0) is 5.98. The fraction of sp³-hybridized carbons (Fsp3) is 0.500. The highest BCUT2D eigenvalue weighted by atomic mass is 16.5. The van der Waals surface area contributed by atoms with Crippen LogP contribution < -0.4 is 5.43 Å². The maximum Gasteiger partial charge on any atom is 0.249 e. The van der Waals surface area contributed by atoms with Crippen LogP contribution in [0.4, 0.5) is 0 Å². The topological polar surface area (TPSA) is 50.7 Å². The van der Waals surface area contributed by atoms with Gasteiger partial charge < -0.3 is 4.74 Å². The summed E-state index contributed by atoms with van der Waals surface area (Å²) in [4.78, 5) is 10.3. The second-order valence-corrected chi connectivity index (χ2v) is 1.42. The van der Waals surface area contributed by atoms with E-state index in [-0.39, 0.29) is 12.3 Å². The van der Waals surface area contributed by atoms with Crippen molar-refractivity contribution in [3.8, 4) is 0 Å². The lowest BCUT2D eigenvalue weighted by Crippen LogP contribution is -2.09. The van der Waals surface area contributed by atoms with Gasteiger partial charge in [0, 0.05) is 0 Å². The first-order valence-corrected chi connectivity index (χ1v) is 2.22. The standard InChI is InChI=1S/C4H6N2O2/c1-8-4-2-3(7)5-6-4/h2H2,1H3,(H,5,7). The van der Waals surface area contributed by atoms with E-state index in [0.29, 0.717) is 5.90 Å². The molecule has 44 valence electrons. The van der Waals surface area contributed by atoms with Crippen LogP contribution in [0.15, 0.2) is 5.10 Å². The number of nitrogens with one attached hydrogen (secondary N) is 1. The fourth-order valence-electron chi connectivity index (χ4n) is 0.459. The van der Waals surface area contributed by atoms with E-state index >= 15 is 0 Å². The first-order valence-electron chi connectivity index (χ1n) is 2.22. The summed E-state index contributed by atoms with van der Waals surface area (Å²) in [6.07, 6.45) is 0.274. The molecule has 0 aliphatic carbocycles. The van der Waals surface area contributed by atoms with Crippen LogP contribution in [0.2, 0.25) is 0 Å². The number of methoxy groups -OCH3 is 1. The van der Waals surface area contributed by atoms with Crippen LogP contribution in [-0.4, -0.2) is 18.9 Å². The van der Waals surface area contributed by atoms with Crippen molar-refractivity contribution in [1.29, 1.82) is 0 Å². The normalized spacial score (nSPS) is 17.6. The average Bonchev–Trinajstić information content (AvgIpc) is 2.14. The number of hydrogen-bond donors (Lipinski definition) is 1. The Balaban J connectivity index is 2.49. The van der Waals surface area contributed by atoms with Gasteiger partial charge in [-0.05, 0) is 0 Å². The van der Waals surface area contributed by atoms with Gasteiger partial charge in [-0.1, -0.05) is 0 Å². The van der Waals surface area contributed by atoms with E-state index in [4.69, 9.17) is 0 Å². The highest BCUT2D eigenvalue weighted by Crippen LogP contribution is 1.93. The number of amides is 1. The predicted molar refractivity (Wildman–Crippen MR) is 27.2 cm³/mol. The van der Waals surface area contributed by atoms with E-state index < -0.39 is 0 Å². The van der Waals surface area contributed by atoms with Gasteiger partial charge in [0.15, 0.2) is 0 Å². The minimum Gasteiger partial charge on any atom is -0.483 e.